The van der Waals surface area contributed by atoms with Gasteiger partial charge in [-0.2, -0.15) is 0 Å². The summed E-state index contributed by atoms with van der Waals surface area (Å²) in [6.07, 6.45) is 0.263. The first kappa shape index (κ1) is 15.8. The van der Waals surface area contributed by atoms with E-state index in [9.17, 15) is 9.90 Å². The molecule has 0 heterocycles. The maximum absolute atomic E-state index is 12.3. The first-order valence-electron chi connectivity index (χ1n) is 7.79. The van der Waals surface area contributed by atoms with Crippen LogP contribution in [0.3, 0.4) is 0 Å². The minimum atomic E-state index is -0.117. The van der Waals surface area contributed by atoms with Gasteiger partial charge in [0.05, 0.1) is 5.56 Å². The zero-order chi connectivity index (χ0) is 16.8. The maximum Gasteiger partial charge on any atom is 0.170 e. The van der Waals surface area contributed by atoms with Crippen LogP contribution >= 0.6 is 0 Å². The highest BCUT2D eigenvalue weighted by molar-refractivity contribution is 6.00. The number of benzene rings is 3. The van der Waals surface area contributed by atoms with Crippen molar-refractivity contribution < 1.29 is 14.6 Å². The monoisotopic (exact) mass is 318 g/mol. The molecule has 3 heteroatoms. The highest BCUT2D eigenvalue weighted by atomic mass is 16.5. The number of hydrogen-bond acceptors (Lipinski definition) is 3. The van der Waals surface area contributed by atoms with Crippen molar-refractivity contribution in [2.45, 2.75) is 13.0 Å². The Balaban J connectivity index is 1.67. The molecule has 0 saturated carbocycles. The smallest absolute Gasteiger partial charge is 0.170 e. The molecule has 0 amide bonds. The van der Waals surface area contributed by atoms with Crippen LogP contribution in [-0.2, 0) is 13.0 Å². The summed E-state index contributed by atoms with van der Waals surface area (Å²) in [5.41, 5.74) is 2.28. The van der Waals surface area contributed by atoms with Gasteiger partial charge in [0.1, 0.15) is 18.1 Å². The quantitative estimate of drug-likeness (QED) is 0.685. The zero-order valence-corrected chi connectivity index (χ0v) is 13.2. The summed E-state index contributed by atoms with van der Waals surface area (Å²) in [7, 11) is 0. The fourth-order valence-corrected chi connectivity index (χ4v) is 2.45. The Morgan fingerprint density at radius 3 is 2.08 bits per heavy atom. The molecule has 3 aromatic carbocycles. The molecule has 3 nitrogen and oxygen atoms in total. The largest absolute Gasteiger partial charge is 0.507 e. The van der Waals surface area contributed by atoms with Crippen LogP contribution in [0.5, 0.6) is 11.5 Å². The first-order valence-corrected chi connectivity index (χ1v) is 7.79. The van der Waals surface area contributed by atoms with Crippen molar-refractivity contribution in [1.82, 2.24) is 0 Å². The summed E-state index contributed by atoms with van der Waals surface area (Å²) in [4.78, 5) is 12.3. The Kier molecular flexibility index (Phi) is 4.92. The Labute approximate surface area is 141 Å². The predicted octanol–water partition coefficient (Wildman–Crippen LogP) is 4.40. The number of Topliss-reactive ketones (excluding diaryl/α,β-unsaturated/α-hetero) is 1. The summed E-state index contributed by atoms with van der Waals surface area (Å²) in [6, 6.07) is 24.1. The van der Waals surface area contributed by atoms with Gasteiger partial charge in [0.25, 0.3) is 0 Å². The van der Waals surface area contributed by atoms with Crippen molar-refractivity contribution in [3.63, 3.8) is 0 Å². The standard InChI is InChI=1S/C21H18O3/c22-20(13-16-7-3-1-4-8-16)19-12-11-18(14-21(19)23)24-15-17-9-5-2-6-10-17/h1-12,14,23H,13,15H2. The molecule has 3 rings (SSSR count). The van der Waals surface area contributed by atoms with Crippen LogP contribution in [0, 0.1) is 0 Å². The van der Waals surface area contributed by atoms with Crippen LogP contribution in [0.15, 0.2) is 78.9 Å². The Morgan fingerprint density at radius 2 is 1.46 bits per heavy atom. The Bertz CT molecular complexity index is 811. The van der Waals surface area contributed by atoms with Gasteiger partial charge in [0.15, 0.2) is 5.78 Å². The number of aromatic hydroxyl groups is 1. The second-order valence-corrected chi connectivity index (χ2v) is 5.54. The van der Waals surface area contributed by atoms with E-state index in [-0.39, 0.29) is 18.0 Å². The van der Waals surface area contributed by atoms with Gasteiger partial charge in [0.2, 0.25) is 0 Å². The molecule has 0 radical (unpaired) electrons. The Hall–Kier alpha value is -3.07. The molecule has 0 unspecified atom stereocenters. The molecule has 0 aliphatic carbocycles. The van der Waals surface area contributed by atoms with Crippen LogP contribution in [0.2, 0.25) is 0 Å². The summed E-state index contributed by atoms with van der Waals surface area (Å²) in [5, 5.41) is 10.1. The molecule has 0 fully saturated rings. The lowest BCUT2D eigenvalue weighted by Gasteiger charge is -2.09. The van der Waals surface area contributed by atoms with Gasteiger partial charge in [-0.1, -0.05) is 60.7 Å². The molecule has 24 heavy (non-hydrogen) atoms. The fourth-order valence-electron chi connectivity index (χ4n) is 2.45. The van der Waals surface area contributed by atoms with Crippen LogP contribution < -0.4 is 4.74 Å². The third-order valence-corrected chi connectivity index (χ3v) is 3.73. The van der Waals surface area contributed by atoms with E-state index in [1.54, 1.807) is 12.1 Å². The van der Waals surface area contributed by atoms with Crippen molar-refractivity contribution in [3.05, 3.63) is 95.6 Å². The number of ketones is 1. The van der Waals surface area contributed by atoms with Gasteiger partial charge in [-0.3, -0.25) is 4.79 Å². The molecule has 1 N–H and O–H groups in total. The van der Waals surface area contributed by atoms with Crippen molar-refractivity contribution in [1.29, 1.82) is 0 Å². The molecular formula is C21H18O3. The minimum Gasteiger partial charge on any atom is -0.507 e. The molecule has 0 bridgehead atoms. The lowest BCUT2D eigenvalue weighted by molar-refractivity contribution is 0.0990. The van der Waals surface area contributed by atoms with Gasteiger partial charge >= 0.3 is 0 Å². The van der Waals surface area contributed by atoms with E-state index in [4.69, 9.17) is 4.74 Å². The summed E-state index contributed by atoms with van der Waals surface area (Å²) in [5.74, 6) is 0.363. The molecule has 3 aromatic rings. The summed E-state index contributed by atoms with van der Waals surface area (Å²) in [6.45, 7) is 0.414. The van der Waals surface area contributed by atoms with Crippen molar-refractivity contribution in [2.75, 3.05) is 0 Å². The highest BCUT2D eigenvalue weighted by Gasteiger charge is 2.12. The number of hydrogen-bond donors (Lipinski definition) is 1. The molecule has 0 atom stereocenters. The summed E-state index contributed by atoms with van der Waals surface area (Å²) >= 11 is 0. The van der Waals surface area contributed by atoms with Crippen molar-refractivity contribution in [3.8, 4) is 11.5 Å². The highest BCUT2D eigenvalue weighted by Crippen LogP contribution is 2.25. The van der Waals surface area contributed by atoms with Crippen LogP contribution in [0.25, 0.3) is 0 Å². The normalized spacial score (nSPS) is 10.3. The van der Waals surface area contributed by atoms with Gasteiger partial charge in [-0.25, -0.2) is 0 Å². The average Bonchev–Trinajstić information content (AvgIpc) is 2.61. The van der Waals surface area contributed by atoms with Crippen LogP contribution in [-0.4, -0.2) is 10.9 Å². The first-order chi connectivity index (χ1) is 11.7. The molecule has 0 spiro atoms. The lowest BCUT2D eigenvalue weighted by Crippen LogP contribution is -2.04. The molecular weight excluding hydrogens is 300 g/mol. The molecule has 0 saturated heterocycles. The predicted molar refractivity (Wildman–Crippen MR) is 93.4 cm³/mol. The maximum atomic E-state index is 12.3. The third kappa shape index (κ3) is 4.02. The van der Waals surface area contributed by atoms with E-state index in [1.807, 2.05) is 60.7 Å². The SMILES string of the molecule is O=C(Cc1ccccc1)c1ccc(OCc2ccccc2)cc1O. The number of carbonyl (C=O) groups excluding carboxylic acids is 1. The molecule has 0 aliphatic heterocycles. The van der Waals surface area contributed by atoms with E-state index in [1.165, 1.54) is 6.07 Å². The lowest BCUT2D eigenvalue weighted by atomic mass is 10.0. The number of phenolic OH excluding ortho intramolecular Hbond substituents is 1. The van der Waals surface area contributed by atoms with Gasteiger partial charge in [-0.05, 0) is 23.3 Å². The van der Waals surface area contributed by atoms with E-state index in [0.29, 0.717) is 17.9 Å². The fraction of sp³-hybridized carbons (Fsp3) is 0.0952. The third-order valence-electron chi connectivity index (χ3n) is 3.73. The number of rotatable bonds is 6. The van der Waals surface area contributed by atoms with Gasteiger partial charge in [0, 0.05) is 12.5 Å². The molecule has 120 valence electrons. The average molecular weight is 318 g/mol. The van der Waals surface area contributed by atoms with Gasteiger partial charge < -0.3 is 9.84 Å². The van der Waals surface area contributed by atoms with E-state index >= 15 is 0 Å². The topological polar surface area (TPSA) is 46.5 Å². The Morgan fingerprint density at radius 1 is 0.833 bits per heavy atom. The van der Waals surface area contributed by atoms with E-state index in [0.717, 1.165) is 11.1 Å². The van der Waals surface area contributed by atoms with Crippen LogP contribution in [0.4, 0.5) is 0 Å². The molecule has 0 aliphatic rings. The number of ether oxygens (including phenoxy) is 1. The second kappa shape index (κ2) is 7.47. The van der Waals surface area contributed by atoms with E-state index in [2.05, 4.69) is 0 Å². The van der Waals surface area contributed by atoms with E-state index < -0.39 is 0 Å². The summed E-state index contributed by atoms with van der Waals surface area (Å²) < 4.78 is 5.65. The zero-order valence-electron chi connectivity index (χ0n) is 13.2. The van der Waals surface area contributed by atoms with Gasteiger partial charge in [-0.15, -0.1) is 0 Å². The van der Waals surface area contributed by atoms with Crippen LogP contribution in [0.1, 0.15) is 21.5 Å². The minimum absolute atomic E-state index is 0.0542. The second-order valence-electron chi connectivity index (χ2n) is 5.54. The molecule has 0 aromatic heterocycles. The van der Waals surface area contributed by atoms with Crippen molar-refractivity contribution >= 4 is 5.78 Å². The number of phenols is 1. The number of carbonyl (C=O) groups is 1. The van der Waals surface area contributed by atoms with Crippen molar-refractivity contribution in [2.24, 2.45) is 0 Å².